The molecule has 0 saturated carbocycles. The normalized spacial score (nSPS) is 10.9. The van der Waals surface area contributed by atoms with E-state index in [4.69, 9.17) is 9.47 Å². The van der Waals surface area contributed by atoms with E-state index in [1.54, 1.807) is 12.1 Å². The molecule has 7 heteroatoms. The molecule has 2 aromatic carbocycles. The van der Waals surface area contributed by atoms with Crippen molar-refractivity contribution < 1.29 is 19.0 Å². The molecular weight excluding hydrogens is 343 g/mol. The first-order valence-electron chi connectivity index (χ1n) is 5.87. The predicted molar refractivity (Wildman–Crippen MR) is 79.5 cm³/mol. The van der Waals surface area contributed by atoms with Gasteiger partial charge in [0.1, 0.15) is 5.75 Å². The third kappa shape index (κ3) is 3.49. The Morgan fingerprint density at radius 2 is 1.76 bits per heavy atom. The molecule has 0 atom stereocenters. The van der Waals surface area contributed by atoms with Gasteiger partial charge in [0, 0.05) is 12.1 Å². The molecule has 0 aliphatic rings. The maximum atomic E-state index is 13.8. The Bertz CT molecular complexity index is 692. The van der Waals surface area contributed by atoms with Crippen LogP contribution in [-0.4, -0.2) is 19.3 Å². The van der Waals surface area contributed by atoms with E-state index >= 15 is 0 Å². The minimum absolute atomic E-state index is 0.0174. The highest BCUT2D eigenvalue weighted by atomic mass is 79.9. The number of halogens is 2. The summed E-state index contributed by atoms with van der Waals surface area (Å²) in [7, 11) is 2.77. The van der Waals surface area contributed by atoms with Gasteiger partial charge in [0.25, 0.3) is 0 Å². The van der Waals surface area contributed by atoms with Gasteiger partial charge in [0.15, 0.2) is 17.3 Å². The number of hydrogen-bond donors (Lipinski definition) is 1. The number of phenolic OH excluding ortho intramolecular Hbond substituents is 1. The molecule has 0 aromatic heterocycles. The molecule has 0 unspecified atom stereocenters. The largest absolute Gasteiger partial charge is 0.507 e. The molecule has 0 fully saturated rings. The van der Waals surface area contributed by atoms with Gasteiger partial charge < -0.3 is 14.6 Å². The van der Waals surface area contributed by atoms with Crippen molar-refractivity contribution in [2.45, 2.75) is 0 Å². The van der Waals surface area contributed by atoms with Crippen LogP contribution in [0.25, 0.3) is 0 Å². The van der Waals surface area contributed by atoms with Crippen LogP contribution in [0.15, 0.2) is 45.0 Å². The first-order chi connectivity index (χ1) is 10.0. The number of hydrogen-bond acceptors (Lipinski definition) is 5. The average molecular weight is 355 g/mol. The number of benzene rings is 2. The first kappa shape index (κ1) is 15.2. The highest BCUT2D eigenvalue weighted by Gasteiger charge is 2.12. The molecule has 2 aromatic rings. The van der Waals surface area contributed by atoms with Gasteiger partial charge >= 0.3 is 0 Å². The van der Waals surface area contributed by atoms with E-state index in [0.29, 0.717) is 10.2 Å². The zero-order valence-corrected chi connectivity index (χ0v) is 12.9. The fraction of sp³-hybridized carbons (Fsp3) is 0.143. The second-order valence-corrected chi connectivity index (χ2v) is 4.85. The number of azo groups is 1. The summed E-state index contributed by atoms with van der Waals surface area (Å²) in [6.07, 6.45) is 0. The van der Waals surface area contributed by atoms with Crippen molar-refractivity contribution in [3.05, 3.63) is 40.6 Å². The first-order valence-corrected chi connectivity index (χ1v) is 6.66. The maximum Gasteiger partial charge on any atom is 0.196 e. The molecule has 0 bridgehead atoms. The van der Waals surface area contributed by atoms with Crippen molar-refractivity contribution in [3.8, 4) is 17.2 Å². The molecule has 0 saturated heterocycles. The predicted octanol–water partition coefficient (Wildman–Crippen LogP) is 4.73. The van der Waals surface area contributed by atoms with Gasteiger partial charge in [-0.05, 0) is 34.1 Å². The number of phenols is 1. The SMILES string of the molecule is COc1cc(N=Nc2ccc(O)c(Br)c2)cc(F)c1OC. The van der Waals surface area contributed by atoms with E-state index in [2.05, 4.69) is 26.2 Å². The van der Waals surface area contributed by atoms with Gasteiger partial charge in [-0.15, -0.1) is 0 Å². The summed E-state index contributed by atoms with van der Waals surface area (Å²) in [5.74, 6) is -0.231. The lowest BCUT2D eigenvalue weighted by molar-refractivity contribution is 0.337. The summed E-state index contributed by atoms with van der Waals surface area (Å²) in [5.41, 5.74) is 0.796. The molecule has 1 N–H and O–H groups in total. The van der Waals surface area contributed by atoms with Gasteiger partial charge in [0.2, 0.25) is 0 Å². The van der Waals surface area contributed by atoms with E-state index in [1.165, 1.54) is 32.4 Å². The minimum atomic E-state index is -0.585. The van der Waals surface area contributed by atoms with Gasteiger partial charge in [0.05, 0.1) is 30.1 Å². The Morgan fingerprint density at radius 1 is 1.05 bits per heavy atom. The molecule has 0 spiro atoms. The van der Waals surface area contributed by atoms with Crippen LogP contribution in [0, 0.1) is 5.82 Å². The standard InChI is InChI=1S/C14H12BrFN2O3/c1-20-13-7-9(6-11(16)14(13)21-2)18-17-8-3-4-12(19)10(15)5-8/h3-7,19H,1-2H3. The second-order valence-electron chi connectivity index (χ2n) is 4.00. The zero-order valence-electron chi connectivity index (χ0n) is 11.3. The van der Waals surface area contributed by atoms with Crippen molar-refractivity contribution in [3.63, 3.8) is 0 Å². The summed E-state index contributed by atoms with van der Waals surface area (Å²) in [6.45, 7) is 0. The Balaban J connectivity index is 2.32. The average Bonchev–Trinajstić information content (AvgIpc) is 2.47. The number of nitrogens with zero attached hydrogens (tertiary/aromatic N) is 2. The number of rotatable bonds is 4. The Labute approximate surface area is 129 Å². The van der Waals surface area contributed by atoms with Gasteiger partial charge in [-0.1, -0.05) is 0 Å². The van der Waals surface area contributed by atoms with E-state index in [-0.39, 0.29) is 22.9 Å². The summed E-state index contributed by atoms with van der Waals surface area (Å²) in [5, 5.41) is 17.3. The molecular formula is C14H12BrFN2O3. The molecule has 2 rings (SSSR count). The number of methoxy groups -OCH3 is 2. The quantitative estimate of drug-likeness (QED) is 0.807. The molecule has 0 aliphatic heterocycles. The van der Waals surface area contributed by atoms with E-state index < -0.39 is 5.82 Å². The van der Waals surface area contributed by atoms with Crippen LogP contribution in [0.3, 0.4) is 0 Å². The summed E-state index contributed by atoms with van der Waals surface area (Å²) in [4.78, 5) is 0. The van der Waals surface area contributed by atoms with Crippen LogP contribution in [0.5, 0.6) is 17.2 Å². The van der Waals surface area contributed by atoms with Crippen molar-refractivity contribution in [1.29, 1.82) is 0 Å². The lowest BCUT2D eigenvalue weighted by Gasteiger charge is -2.08. The van der Waals surface area contributed by atoms with Crippen LogP contribution in [0.2, 0.25) is 0 Å². The van der Waals surface area contributed by atoms with Crippen LogP contribution in [-0.2, 0) is 0 Å². The van der Waals surface area contributed by atoms with Crippen molar-refractivity contribution in [1.82, 2.24) is 0 Å². The fourth-order valence-corrected chi connectivity index (χ4v) is 2.00. The number of aromatic hydroxyl groups is 1. The van der Waals surface area contributed by atoms with Gasteiger partial charge in [-0.25, -0.2) is 4.39 Å². The van der Waals surface area contributed by atoms with Gasteiger partial charge in [-0.3, -0.25) is 0 Å². The fourth-order valence-electron chi connectivity index (χ4n) is 1.64. The third-order valence-corrected chi connectivity index (χ3v) is 3.27. The molecule has 5 nitrogen and oxygen atoms in total. The Morgan fingerprint density at radius 3 is 2.38 bits per heavy atom. The second kappa shape index (κ2) is 6.53. The monoisotopic (exact) mass is 354 g/mol. The van der Waals surface area contributed by atoms with Crippen LogP contribution < -0.4 is 9.47 Å². The van der Waals surface area contributed by atoms with Crippen molar-refractivity contribution in [2.75, 3.05) is 14.2 Å². The molecule has 0 amide bonds. The van der Waals surface area contributed by atoms with Crippen molar-refractivity contribution >= 4 is 27.3 Å². The summed E-state index contributed by atoms with van der Waals surface area (Å²) < 4.78 is 24.2. The Hall–Kier alpha value is -2.15. The topological polar surface area (TPSA) is 63.4 Å². The molecule has 110 valence electrons. The number of ether oxygens (including phenoxy) is 2. The molecule has 0 radical (unpaired) electrons. The van der Waals surface area contributed by atoms with Crippen LogP contribution >= 0.6 is 15.9 Å². The van der Waals surface area contributed by atoms with Gasteiger partial charge in [-0.2, -0.15) is 10.2 Å². The zero-order chi connectivity index (χ0) is 15.4. The van der Waals surface area contributed by atoms with Crippen LogP contribution in [0.4, 0.5) is 15.8 Å². The minimum Gasteiger partial charge on any atom is -0.507 e. The van der Waals surface area contributed by atoms with Crippen LogP contribution in [0.1, 0.15) is 0 Å². The maximum absolute atomic E-state index is 13.8. The van der Waals surface area contributed by atoms with E-state index in [1.807, 2.05) is 0 Å². The summed E-state index contributed by atoms with van der Waals surface area (Å²) >= 11 is 3.18. The molecule has 21 heavy (non-hydrogen) atoms. The highest BCUT2D eigenvalue weighted by molar-refractivity contribution is 9.10. The van der Waals surface area contributed by atoms with E-state index in [0.717, 1.165) is 0 Å². The lowest BCUT2D eigenvalue weighted by Crippen LogP contribution is -1.93. The molecule has 0 heterocycles. The van der Waals surface area contributed by atoms with Crippen molar-refractivity contribution in [2.24, 2.45) is 10.2 Å². The smallest absolute Gasteiger partial charge is 0.196 e. The lowest BCUT2D eigenvalue weighted by atomic mass is 10.2. The summed E-state index contributed by atoms with van der Waals surface area (Å²) in [6, 6.07) is 7.37. The molecule has 0 aliphatic carbocycles. The third-order valence-electron chi connectivity index (χ3n) is 2.63. The highest BCUT2D eigenvalue weighted by Crippen LogP contribution is 2.35. The Kier molecular flexibility index (Phi) is 4.74. The van der Waals surface area contributed by atoms with E-state index in [9.17, 15) is 9.50 Å².